The van der Waals surface area contributed by atoms with Crippen molar-refractivity contribution in [1.29, 1.82) is 0 Å². The summed E-state index contributed by atoms with van der Waals surface area (Å²) >= 11 is 0. The molecule has 1 N–H and O–H groups in total. The molecule has 1 aliphatic rings. The monoisotopic (exact) mass is 425 g/mol. The van der Waals surface area contributed by atoms with Gasteiger partial charge in [0.1, 0.15) is 0 Å². The van der Waals surface area contributed by atoms with E-state index in [2.05, 4.69) is 15.4 Å². The van der Waals surface area contributed by atoms with Gasteiger partial charge in [-0.05, 0) is 42.7 Å². The zero-order valence-corrected chi connectivity index (χ0v) is 17.2. The number of carbonyl (C=O) groups excluding carboxylic acids is 1. The average molecular weight is 426 g/mol. The third kappa shape index (κ3) is 4.42. The number of pyridine rings is 1. The van der Waals surface area contributed by atoms with E-state index in [1.807, 2.05) is 24.4 Å². The van der Waals surface area contributed by atoms with Gasteiger partial charge in [0.2, 0.25) is 15.9 Å². The lowest BCUT2D eigenvalue weighted by Crippen LogP contribution is -2.45. The van der Waals surface area contributed by atoms with Gasteiger partial charge in [0, 0.05) is 38.2 Å². The Morgan fingerprint density at radius 1 is 1.13 bits per heavy atom. The number of sulfonamides is 1. The highest BCUT2D eigenvalue weighted by atomic mass is 32.2. The first-order chi connectivity index (χ1) is 14.5. The summed E-state index contributed by atoms with van der Waals surface area (Å²) in [5.74, 6) is 0.191. The second-order valence-corrected chi connectivity index (χ2v) is 9.15. The van der Waals surface area contributed by atoms with E-state index < -0.39 is 10.0 Å². The van der Waals surface area contributed by atoms with Gasteiger partial charge in [-0.1, -0.05) is 24.3 Å². The second-order valence-electron chi connectivity index (χ2n) is 7.21. The van der Waals surface area contributed by atoms with Crippen LogP contribution in [0.5, 0.6) is 0 Å². The number of piperidine rings is 1. The van der Waals surface area contributed by atoms with Crippen molar-refractivity contribution in [3.63, 3.8) is 0 Å². The number of amides is 1. The van der Waals surface area contributed by atoms with Crippen molar-refractivity contribution in [2.24, 2.45) is 5.92 Å². The van der Waals surface area contributed by atoms with Gasteiger partial charge in [-0.25, -0.2) is 18.1 Å². The van der Waals surface area contributed by atoms with Gasteiger partial charge in [0.25, 0.3) is 0 Å². The molecule has 1 aliphatic heterocycles. The van der Waals surface area contributed by atoms with Crippen molar-refractivity contribution < 1.29 is 13.2 Å². The van der Waals surface area contributed by atoms with E-state index in [0.29, 0.717) is 31.7 Å². The van der Waals surface area contributed by atoms with Gasteiger partial charge in [0.05, 0.1) is 10.8 Å². The van der Waals surface area contributed by atoms with Gasteiger partial charge >= 0.3 is 0 Å². The molecule has 8 nitrogen and oxygen atoms in total. The number of hydrogen-bond donors (Lipinski definition) is 1. The van der Waals surface area contributed by atoms with E-state index in [1.165, 1.54) is 4.31 Å². The molecule has 1 aromatic carbocycles. The van der Waals surface area contributed by atoms with Crippen LogP contribution in [0.1, 0.15) is 18.4 Å². The van der Waals surface area contributed by atoms with E-state index in [-0.39, 0.29) is 23.3 Å². The minimum absolute atomic E-state index is 0.140. The van der Waals surface area contributed by atoms with Gasteiger partial charge in [-0.15, -0.1) is 0 Å². The highest BCUT2D eigenvalue weighted by molar-refractivity contribution is 7.89. The zero-order valence-electron chi connectivity index (χ0n) is 16.4. The molecule has 30 heavy (non-hydrogen) atoms. The van der Waals surface area contributed by atoms with E-state index in [9.17, 15) is 13.2 Å². The summed E-state index contributed by atoms with van der Waals surface area (Å²) in [6, 6.07) is 13.9. The summed E-state index contributed by atoms with van der Waals surface area (Å²) in [5, 5.41) is 7.04. The number of nitrogens with one attached hydrogen (secondary N) is 1. The number of hydrogen-bond acceptors (Lipinski definition) is 5. The molecule has 0 spiro atoms. The Kier molecular flexibility index (Phi) is 5.91. The first-order valence-electron chi connectivity index (χ1n) is 9.82. The lowest BCUT2D eigenvalue weighted by Gasteiger charge is -2.31. The quantitative estimate of drug-likeness (QED) is 0.651. The molecule has 0 saturated carbocycles. The molecular formula is C21H23N5O3S. The topological polar surface area (TPSA) is 97.2 Å². The Morgan fingerprint density at radius 3 is 2.67 bits per heavy atom. The fraction of sp³-hybridized carbons (Fsp3) is 0.286. The summed E-state index contributed by atoms with van der Waals surface area (Å²) in [6.07, 6.45) is 6.51. The predicted octanol–water partition coefficient (Wildman–Crippen LogP) is 1.98. The molecule has 0 aliphatic carbocycles. The maximum Gasteiger partial charge on any atom is 0.243 e. The van der Waals surface area contributed by atoms with Crippen LogP contribution in [0.15, 0.2) is 72.0 Å². The summed E-state index contributed by atoms with van der Waals surface area (Å²) in [4.78, 5) is 17.3. The van der Waals surface area contributed by atoms with Crippen LogP contribution in [0.2, 0.25) is 0 Å². The smallest absolute Gasteiger partial charge is 0.243 e. The normalized spacial score (nSPS) is 17.5. The third-order valence-corrected chi connectivity index (χ3v) is 7.03. The average Bonchev–Trinajstić information content (AvgIpc) is 3.33. The van der Waals surface area contributed by atoms with E-state index in [4.69, 9.17) is 0 Å². The minimum Gasteiger partial charge on any atom is -0.352 e. The molecule has 0 unspecified atom stereocenters. The Hall–Kier alpha value is -3.04. The SMILES string of the molecule is O=C(NCc1ccc(-n2cccn2)nc1)[C@@H]1CCCN(S(=O)(=O)c2ccccc2)C1. The zero-order chi connectivity index (χ0) is 21.0. The van der Waals surface area contributed by atoms with Crippen LogP contribution in [0.25, 0.3) is 5.82 Å². The summed E-state index contributed by atoms with van der Waals surface area (Å²) in [6.45, 7) is 0.965. The molecule has 2 aromatic heterocycles. The van der Waals surface area contributed by atoms with Crippen molar-refractivity contribution in [3.05, 3.63) is 72.7 Å². The molecular weight excluding hydrogens is 402 g/mol. The van der Waals surface area contributed by atoms with Gasteiger partial charge in [-0.2, -0.15) is 9.40 Å². The summed E-state index contributed by atoms with van der Waals surface area (Å²) < 4.78 is 28.8. The van der Waals surface area contributed by atoms with Crippen molar-refractivity contribution in [2.75, 3.05) is 13.1 Å². The number of aromatic nitrogens is 3. The fourth-order valence-electron chi connectivity index (χ4n) is 3.51. The first kappa shape index (κ1) is 20.2. The van der Waals surface area contributed by atoms with E-state index in [1.54, 1.807) is 47.4 Å². The fourth-order valence-corrected chi connectivity index (χ4v) is 5.06. The van der Waals surface area contributed by atoms with Crippen molar-refractivity contribution >= 4 is 15.9 Å². The molecule has 0 radical (unpaired) electrons. The van der Waals surface area contributed by atoms with Gasteiger partial charge in [-0.3, -0.25) is 4.79 Å². The lowest BCUT2D eigenvalue weighted by molar-refractivity contribution is -0.126. The minimum atomic E-state index is -3.59. The molecule has 3 aromatic rings. The molecule has 1 fully saturated rings. The maximum absolute atomic E-state index is 12.8. The first-order valence-corrected chi connectivity index (χ1v) is 11.3. The Labute approximate surface area is 175 Å². The number of nitrogens with zero attached hydrogens (tertiary/aromatic N) is 4. The Morgan fingerprint density at radius 2 is 1.97 bits per heavy atom. The molecule has 0 bridgehead atoms. The maximum atomic E-state index is 12.8. The molecule has 3 heterocycles. The summed E-state index contributed by atoms with van der Waals surface area (Å²) in [5.41, 5.74) is 0.865. The second kappa shape index (κ2) is 8.76. The lowest BCUT2D eigenvalue weighted by atomic mass is 9.99. The highest BCUT2D eigenvalue weighted by Gasteiger charge is 2.33. The Balaban J connectivity index is 1.35. The van der Waals surface area contributed by atoms with Crippen LogP contribution in [0.3, 0.4) is 0 Å². The van der Waals surface area contributed by atoms with Gasteiger partial charge in [0.15, 0.2) is 5.82 Å². The van der Waals surface area contributed by atoms with Crippen molar-refractivity contribution in [2.45, 2.75) is 24.3 Å². The largest absolute Gasteiger partial charge is 0.352 e. The van der Waals surface area contributed by atoms with Crippen LogP contribution in [-0.2, 0) is 21.4 Å². The molecule has 156 valence electrons. The molecule has 1 saturated heterocycles. The van der Waals surface area contributed by atoms with Crippen LogP contribution in [0.4, 0.5) is 0 Å². The molecule has 4 rings (SSSR count). The Bertz CT molecular complexity index is 1080. The molecule has 1 amide bonds. The van der Waals surface area contributed by atoms with Crippen LogP contribution in [-0.4, -0.2) is 46.5 Å². The van der Waals surface area contributed by atoms with Crippen LogP contribution < -0.4 is 5.32 Å². The number of benzene rings is 1. The van der Waals surface area contributed by atoms with Crippen molar-refractivity contribution in [3.8, 4) is 5.82 Å². The van der Waals surface area contributed by atoms with Gasteiger partial charge < -0.3 is 5.32 Å². The van der Waals surface area contributed by atoms with Crippen LogP contribution >= 0.6 is 0 Å². The van der Waals surface area contributed by atoms with Crippen LogP contribution in [0, 0.1) is 5.92 Å². The van der Waals surface area contributed by atoms with Crippen molar-refractivity contribution in [1.82, 2.24) is 24.4 Å². The standard InChI is InChI=1S/C21H23N5O3S/c27-21(23-15-17-9-10-20(22-14-17)26-13-5-11-24-26)18-6-4-12-25(16-18)30(28,29)19-7-2-1-3-8-19/h1-3,5,7-11,13-14,18H,4,6,12,15-16H2,(H,23,27)/t18-/m1/s1. The molecule has 9 heteroatoms. The number of carbonyl (C=O) groups is 1. The summed E-state index contributed by atoms with van der Waals surface area (Å²) in [7, 11) is -3.59. The van der Waals surface area contributed by atoms with E-state index >= 15 is 0 Å². The molecule has 1 atom stereocenters. The number of rotatable bonds is 6. The van der Waals surface area contributed by atoms with E-state index in [0.717, 1.165) is 5.56 Å². The predicted molar refractivity (Wildman–Crippen MR) is 111 cm³/mol. The highest BCUT2D eigenvalue weighted by Crippen LogP contribution is 2.23. The third-order valence-electron chi connectivity index (χ3n) is 5.15.